The van der Waals surface area contributed by atoms with E-state index in [9.17, 15) is 9.59 Å². The lowest BCUT2D eigenvalue weighted by Crippen LogP contribution is -2.24. The van der Waals surface area contributed by atoms with E-state index in [2.05, 4.69) is 0 Å². The molecule has 0 aliphatic carbocycles. The molecule has 0 rings (SSSR count). The monoisotopic (exact) mass is 214 g/mol. The molecule has 0 aromatic carbocycles. The number of esters is 1. The van der Waals surface area contributed by atoms with Gasteiger partial charge in [-0.3, -0.25) is 9.59 Å². The molecule has 0 aliphatic rings. The molecular formula is C11H18O4. The Labute approximate surface area is 90.2 Å². The van der Waals surface area contributed by atoms with E-state index in [-0.39, 0.29) is 12.4 Å². The van der Waals surface area contributed by atoms with Gasteiger partial charge in [0.15, 0.2) is 5.78 Å². The van der Waals surface area contributed by atoms with Crippen molar-refractivity contribution in [1.29, 1.82) is 0 Å². The van der Waals surface area contributed by atoms with Gasteiger partial charge in [-0.15, -0.1) is 0 Å². The first-order valence-corrected chi connectivity index (χ1v) is 5.15. The van der Waals surface area contributed by atoms with Crippen molar-refractivity contribution < 1.29 is 19.1 Å². The molecule has 15 heavy (non-hydrogen) atoms. The van der Waals surface area contributed by atoms with Crippen molar-refractivity contribution >= 4 is 11.8 Å². The third-order valence-electron chi connectivity index (χ3n) is 1.82. The largest absolute Gasteiger partial charge is 0.501 e. The van der Waals surface area contributed by atoms with Crippen LogP contribution in [0, 0.1) is 5.92 Å². The molecule has 0 aromatic rings. The number of allylic oxidation sites excluding steroid dienone is 1. The molecule has 86 valence electrons. The number of ether oxygens (including phenoxy) is 2. The molecule has 0 amide bonds. The highest BCUT2D eigenvalue weighted by Gasteiger charge is 2.23. The lowest BCUT2D eigenvalue weighted by molar-refractivity contribution is -0.150. The van der Waals surface area contributed by atoms with Gasteiger partial charge >= 0.3 is 5.97 Å². The van der Waals surface area contributed by atoms with E-state index in [0.29, 0.717) is 13.0 Å². The molecule has 0 spiro atoms. The number of hydrogen-bond acceptors (Lipinski definition) is 4. The Morgan fingerprint density at radius 3 is 2.33 bits per heavy atom. The lowest BCUT2D eigenvalue weighted by atomic mass is 10.0. The first-order chi connectivity index (χ1) is 7.17. The van der Waals surface area contributed by atoms with Crippen molar-refractivity contribution in [2.45, 2.75) is 27.2 Å². The third kappa shape index (κ3) is 5.20. The molecule has 0 heterocycles. The van der Waals surface area contributed by atoms with Gasteiger partial charge in [0.2, 0.25) is 0 Å². The Morgan fingerprint density at radius 1 is 1.20 bits per heavy atom. The van der Waals surface area contributed by atoms with Crippen molar-refractivity contribution in [2.75, 3.05) is 13.2 Å². The second-order valence-electron chi connectivity index (χ2n) is 2.87. The maximum atomic E-state index is 11.5. The standard InChI is InChI=1S/C11H18O4/c1-4-9(11(13)15-6-3)10(12)7-8-14-5-2/h7-9H,4-6H2,1-3H3. The van der Waals surface area contributed by atoms with Gasteiger partial charge in [0.25, 0.3) is 0 Å². The van der Waals surface area contributed by atoms with Crippen LogP contribution < -0.4 is 0 Å². The predicted octanol–water partition coefficient (Wildman–Crippen LogP) is 1.70. The molecule has 0 aromatic heterocycles. The van der Waals surface area contributed by atoms with Crippen LogP contribution in [0.2, 0.25) is 0 Å². The Morgan fingerprint density at radius 2 is 1.87 bits per heavy atom. The van der Waals surface area contributed by atoms with Crippen LogP contribution >= 0.6 is 0 Å². The molecule has 0 fully saturated rings. The third-order valence-corrected chi connectivity index (χ3v) is 1.82. The number of rotatable bonds is 7. The average Bonchev–Trinajstić information content (AvgIpc) is 2.19. The van der Waals surface area contributed by atoms with E-state index in [1.807, 2.05) is 6.92 Å². The Bertz CT molecular complexity index is 233. The molecule has 1 atom stereocenters. The van der Waals surface area contributed by atoms with Gasteiger partial charge in [-0.1, -0.05) is 6.92 Å². The van der Waals surface area contributed by atoms with Gasteiger partial charge < -0.3 is 9.47 Å². The van der Waals surface area contributed by atoms with Crippen molar-refractivity contribution in [1.82, 2.24) is 0 Å². The normalized spacial score (nSPS) is 12.5. The summed E-state index contributed by atoms with van der Waals surface area (Å²) in [6.07, 6.45) is 3.02. The highest BCUT2D eigenvalue weighted by atomic mass is 16.5. The molecule has 1 unspecified atom stereocenters. The number of ketones is 1. The van der Waals surface area contributed by atoms with Crippen LogP contribution in [0.25, 0.3) is 0 Å². The number of carbonyl (C=O) groups is 2. The zero-order chi connectivity index (χ0) is 11.7. The maximum Gasteiger partial charge on any atom is 0.316 e. The predicted molar refractivity (Wildman–Crippen MR) is 56.2 cm³/mol. The summed E-state index contributed by atoms with van der Waals surface area (Å²) in [5.74, 6) is -1.45. The van der Waals surface area contributed by atoms with Crippen LogP contribution in [0.15, 0.2) is 12.3 Å². The summed E-state index contributed by atoms with van der Waals surface area (Å²) in [4.78, 5) is 22.8. The smallest absolute Gasteiger partial charge is 0.316 e. The second kappa shape index (κ2) is 8.03. The summed E-state index contributed by atoms with van der Waals surface area (Å²) >= 11 is 0. The Hall–Kier alpha value is -1.32. The van der Waals surface area contributed by atoms with Gasteiger partial charge in [-0.2, -0.15) is 0 Å². The highest BCUT2D eigenvalue weighted by Crippen LogP contribution is 2.08. The highest BCUT2D eigenvalue weighted by molar-refractivity contribution is 6.04. The van der Waals surface area contributed by atoms with Crippen molar-refractivity contribution in [2.24, 2.45) is 5.92 Å². The number of hydrogen-bond donors (Lipinski definition) is 0. The molecular weight excluding hydrogens is 196 g/mol. The zero-order valence-electron chi connectivity index (χ0n) is 9.49. The molecule has 4 heteroatoms. The van der Waals surface area contributed by atoms with E-state index < -0.39 is 11.9 Å². The molecule has 0 saturated carbocycles. The van der Waals surface area contributed by atoms with Crippen LogP contribution in [0.3, 0.4) is 0 Å². The van der Waals surface area contributed by atoms with Crippen LogP contribution in [0.4, 0.5) is 0 Å². The van der Waals surface area contributed by atoms with Crippen LogP contribution in [0.1, 0.15) is 27.2 Å². The minimum atomic E-state index is -0.707. The summed E-state index contributed by atoms with van der Waals surface area (Å²) < 4.78 is 9.67. The van der Waals surface area contributed by atoms with E-state index in [1.54, 1.807) is 13.8 Å². The molecule has 0 radical (unpaired) electrons. The summed E-state index contributed by atoms with van der Waals surface area (Å²) in [5.41, 5.74) is 0. The average molecular weight is 214 g/mol. The lowest BCUT2D eigenvalue weighted by Gasteiger charge is -2.09. The minimum absolute atomic E-state index is 0.274. The van der Waals surface area contributed by atoms with E-state index >= 15 is 0 Å². The van der Waals surface area contributed by atoms with Gasteiger partial charge in [0.05, 0.1) is 19.5 Å². The van der Waals surface area contributed by atoms with Crippen molar-refractivity contribution in [3.63, 3.8) is 0 Å². The zero-order valence-corrected chi connectivity index (χ0v) is 9.49. The second-order valence-corrected chi connectivity index (χ2v) is 2.87. The van der Waals surface area contributed by atoms with E-state index in [4.69, 9.17) is 9.47 Å². The molecule has 4 nitrogen and oxygen atoms in total. The fourth-order valence-corrected chi connectivity index (χ4v) is 1.05. The van der Waals surface area contributed by atoms with Gasteiger partial charge in [-0.25, -0.2) is 0 Å². The van der Waals surface area contributed by atoms with Crippen LogP contribution in [-0.4, -0.2) is 25.0 Å². The summed E-state index contributed by atoms with van der Waals surface area (Å²) in [6, 6.07) is 0. The summed E-state index contributed by atoms with van der Waals surface area (Å²) in [5, 5.41) is 0. The van der Waals surface area contributed by atoms with E-state index in [0.717, 1.165) is 0 Å². The summed E-state index contributed by atoms with van der Waals surface area (Å²) in [6.45, 7) is 6.09. The summed E-state index contributed by atoms with van der Waals surface area (Å²) in [7, 11) is 0. The minimum Gasteiger partial charge on any atom is -0.501 e. The maximum absolute atomic E-state index is 11.5. The first kappa shape index (κ1) is 13.7. The first-order valence-electron chi connectivity index (χ1n) is 5.15. The van der Waals surface area contributed by atoms with E-state index in [1.165, 1.54) is 12.3 Å². The topological polar surface area (TPSA) is 52.6 Å². The van der Waals surface area contributed by atoms with Gasteiger partial charge in [0.1, 0.15) is 5.92 Å². The van der Waals surface area contributed by atoms with Crippen LogP contribution in [0.5, 0.6) is 0 Å². The SMILES string of the molecule is CCOC=CC(=O)C(CC)C(=O)OCC. The molecule has 0 aliphatic heterocycles. The number of carbonyl (C=O) groups excluding carboxylic acids is 2. The molecule has 0 N–H and O–H groups in total. The van der Waals surface area contributed by atoms with Crippen molar-refractivity contribution in [3.05, 3.63) is 12.3 Å². The Balaban J connectivity index is 4.27. The van der Waals surface area contributed by atoms with Gasteiger partial charge in [-0.05, 0) is 20.3 Å². The Kier molecular flexibility index (Phi) is 7.32. The fourth-order valence-electron chi connectivity index (χ4n) is 1.05. The molecule has 0 saturated heterocycles. The van der Waals surface area contributed by atoms with Crippen molar-refractivity contribution in [3.8, 4) is 0 Å². The quantitative estimate of drug-likeness (QED) is 0.280. The van der Waals surface area contributed by atoms with Gasteiger partial charge in [0, 0.05) is 6.08 Å². The van der Waals surface area contributed by atoms with Crippen LogP contribution in [-0.2, 0) is 19.1 Å². The molecule has 0 bridgehead atoms. The fraction of sp³-hybridized carbons (Fsp3) is 0.636.